The van der Waals surface area contributed by atoms with Gasteiger partial charge in [-0.15, -0.1) is 0 Å². The second-order valence-corrected chi connectivity index (χ2v) is 5.19. The number of hydrogen-bond acceptors (Lipinski definition) is 2. The van der Waals surface area contributed by atoms with Gasteiger partial charge in [-0.3, -0.25) is 4.79 Å². The first kappa shape index (κ1) is 13.5. The van der Waals surface area contributed by atoms with Gasteiger partial charge in [0.2, 0.25) is 5.91 Å². The number of nitrogens with two attached hydrogens (primary N) is 1. The van der Waals surface area contributed by atoms with Gasteiger partial charge in [0.25, 0.3) is 0 Å². The van der Waals surface area contributed by atoms with E-state index in [-0.39, 0.29) is 5.91 Å². The lowest BCUT2D eigenvalue weighted by molar-refractivity contribution is -0.121. The molecule has 0 aliphatic heterocycles. The van der Waals surface area contributed by atoms with Crippen molar-refractivity contribution in [3.8, 4) is 0 Å². The average Bonchev–Trinajstić information content (AvgIpc) is 2.27. The van der Waals surface area contributed by atoms with Crippen LogP contribution in [0.5, 0.6) is 0 Å². The molecule has 2 unspecified atom stereocenters. The van der Waals surface area contributed by atoms with Crippen molar-refractivity contribution < 1.29 is 4.79 Å². The first-order valence-electron chi connectivity index (χ1n) is 6.69. The SMILES string of the molecule is CC1CCCC(CNC(=O)CCCCN)C1. The van der Waals surface area contributed by atoms with Gasteiger partial charge in [0, 0.05) is 13.0 Å². The molecule has 0 bridgehead atoms. The molecule has 94 valence electrons. The van der Waals surface area contributed by atoms with Gasteiger partial charge >= 0.3 is 0 Å². The molecule has 0 heterocycles. The Bertz CT molecular complexity index is 206. The van der Waals surface area contributed by atoms with Crippen LogP contribution in [-0.4, -0.2) is 19.0 Å². The minimum atomic E-state index is 0.201. The fraction of sp³-hybridized carbons (Fsp3) is 0.923. The van der Waals surface area contributed by atoms with E-state index in [1.165, 1.54) is 25.7 Å². The van der Waals surface area contributed by atoms with Crippen LogP contribution in [0.25, 0.3) is 0 Å². The summed E-state index contributed by atoms with van der Waals surface area (Å²) in [6.07, 6.45) is 7.77. The number of carbonyl (C=O) groups is 1. The predicted molar refractivity (Wildman–Crippen MR) is 67.0 cm³/mol. The Labute approximate surface area is 99.2 Å². The monoisotopic (exact) mass is 226 g/mol. The van der Waals surface area contributed by atoms with Crippen molar-refractivity contribution in [1.82, 2.24) is 5.32 Å². The number of hydrogen-bond donors (Lipinski definition) is 2. The molecule has 3 N–H and O–H groups in total. The van der Waals surface area contributed by atoms with Crippen LogP contribution < -0.4 is 11.1 Å². The second kappa shape index (κ2) is 7.66. The molecule has 2 atom stereocenters. The van der Waals surface area contributed by atoms with Crippen LogP contribution in [-0.2, 0) is 4.79 Å². The number of amides is 1. The normalized spacial score (nSPS) is 25.4. The van der Waals surface area contributed by atoms with E-state index in [9.17, 15) is 4.79 Å². The highest BCUT2D eigenvalue weighted by Crippen LogP contribution is 2.27. The van der Waals surface area contributed by atoms with Crippen molar-refractivity contribution >= 4 is 5.91 Å². The molecule has 1 aliphatic carbocycles. The highest BCUT2D eigenvalue weighted by molar-refractivity contribution is 5.75. The molecular weight excluding hydrogens is 200 g/mol. The fourth-order valence-corrected chi connectivity index (χ4v) is 2.52. The van der Waals surface area contributed by atoms with Crippen LogP contribution >= 0.6 is 0 Å². The molecule has 0 aromatic rings. The third kappa shape index (κ3) is 5.50. The largest absolute Gasteiger partial charge is 0.356 e. The highest BCUT2D eigenvalue weighted by atomic mass is 16.1. The predicted octanol–water partition coefficient (Wildman–Crippen LogP) is 2.06. The minimum absolute atomic E-state index is 0.201. The van der Waals surface area contributed by atoms with Crippen molar-refractivity contribution in [2.45, 2.75) is 51.9 Å². The Balaban J connectivity index is 2.06. The van der Waals surface area contributed by atoms with Gasteiger partial charge in [-0.1, -0.05) is 19.8 Å². The first-order valence-corrected chi connectivity index (χ1v) is 6.69. The van der Waals surface area contributed by atoms with Crippen molar-refractivity contribution in [2.75, 3.05) is 13.1 Å². The number of nitrogens with one attached hydrogen (secondary N) is 1. The molecule has 1 saturated carbocycles. The summed E-state index contributed by atoms with van der Waals surface area (Å²) in [4.78, 5) is 11.5. The number of carbonyl (C=O) groups excluding carboxylic acids is 1. The molecule has 1 rings (SSSR count). The van der Waals surface area contributed by atoms with E-state index < -0.39 is 0 Å². The summed E-state index contributed by atoms with van der Waals surface area (Å²) in [5.74, 6) is 1.75. The third-order valence-electron chi connectivity index (χ3n) is 3.49. The van der Waals surface area contributed by atoms with E-state index in [2.05, 4.69) is 12.2 Å². The van der Waals surface area contributed by atoms with Gasteiger partial charge in [0.15, 0.2) is 0 Å². The van der Waals surface area contributed by atoms with E-state index in [0.29, 0.717) is 18.9 Å². The Hall–Kier alpha value is -0.570. The number of rotatable bonds is 6. The highest BCUT2D eigenvalue weighted by Gasteiger charge is 2.18. The minimum Gasteiger partial charge on any atom is -0.356 e. The van der Waals surface area contributed by atoms with Crippen LogP contribution in [0.1, 0.15) is 51.9 Å². The molecule has 0 radical (unpaired) electrons. The van der Waals surface area contributed by atoms with Gasteiger partial charge in [-0.2, -0.15) is 0 Å². The Kier molecular flexibility index (Phi) is 6.46. The summed E-state index contributed by atoms with van der Waals surface area (Å²) in [5.41, 5.74) is 5.39. The van der Waals surface area contributed by atoms with Crippen molar-refractivity contribution in [1.29, 1.82) is 0 Å². The topological polar surface area (TPSA) is 55.1 Å². The van der Waals surface area contributed by atoms with Gasteiger partial charge in [-0.05, 0) is 44.1 Å². The standard InChI is InChI=1S/C13H26N2O/c1-11-5-4-6-12(9-11)10-15-13(16)7-2-3-8-14/h11-12H,2-10,14H2,1H3,(H,15,16). The van der Waals surface area contributed by atoms with Crippen molar-refractivity contribution in [3.63, 3.8) is 0 Å². The second-order valence-electron chi connectivity index (χ2n) is 5.19. The maximum Gasteiger partial charge on any atom is 0.220 e. The smallest absolute Gasteiger partial charge is 0.220 e. The summed E-state index contributed by atoms with van der Waals surface area (Å²) >= 11 is 0. The molecule has 3 heteroatoms. The molecule has 1 fully saturated rings. The molecule has 0 saturated heterocycles. The van der Waals surface area contributed by atoms with Crippen molar-refractivity contribution in [3.05, 3.63) is 0 Å². The van der Waals surface area contributed by atoms with Crippen LogP contribution in [0.2, 0.25) is 0 Å². The summed E-state index contributed by atoms with van der Waals surface area (Å²) in [7, 11) is 0. The van der Waals surface area contributed by atoms with Crippen LogP contribution in [0, 0.1) is 11.8 Å². The molecular formula is C13H26N2O. The molecule has 1 amide bonds. The zero-order valence-corrected chi connectivity index (χ0v) is 10.5. The van der Waals surface area contributed by atoms with E-state index in [4.69, 9.17) is 5.73 Å². The van der Waals surface area contributed by atoms with E-state index in [1.54, 1.807) is 0 Å². The Morgan fingerprint density at radius 2 is 2.19 bits per heavy atom. The molecule has 16 heavy (non-hydrogen) atoms. The summed E-state index contributed by atoms with van der Waals surface area (Å²) in [6, 6.07) is 0. The molecule has 1 aliphatic rings. The lowest BCUT2D eigenvalue weighted by atomic mass is 9.82. The maximum absolute atomic E-state index is 11.5. The fourth-order valence-electron chi connectivity index (χ4n) is 2.52. The van der Waals surface area contributed by atoms with Crippen molar-refractivity contribution in [2.24, 2.45) is 17.6 Å². The van der Waals surface area contributed by atoms with Gasteiger partial charge in [0.05, 0.1) is 0 Å². The lowest BCUT2D eigenvalue weighted by Crippen LogP contribution is -2.31. The van der Waals surface area contributed by atoms with E-state index >= 15 is 0 Å². The van der Waals surface area contributed by atoms with E-state index in [1.807, 2.05) is 0 Å². The van der Waals surface area contributed by atoms with Gasteiger partial charge < -0.3 is 11.1 Å². The first-order chi connectivity index (χ1) is 7.72. The summed E-state index contributed by atoms with van der Waals surface area (Å²) in [5, 5.41) is 3.05. The van der Waals surface area contributed by atoms with Gasteiger partial charge in [-0.25, -0.2) is 0 Å². The zero-order valence-electron chi connectivity index (χ0n) is 10.5. The Morgan fingerprint density at radius 3 is 2.88 bits per heavy atom. The maximum atomic E-state index is 11.5. The van der Waals surface area contributed by atoms with Crippen LogP contribution in [0.15, 0.2) is 0 Å². The molecule has 0 aromatic heterocycles. The Morgan fingerprint density at radius 1 is 1.38 bits per heavy atom. The van der Waals surface area contributed by atoms with Crippen LogP contribution in [0.4, 0.5) is 0 Å². The summed E-state index contributed by atoms with van der Waals surface area (Å²) < 4.78 is 0. The summed E-state index contributed by atoms with van der Waals surface area (Å²) in [6.45, 7) is 3.88. The lowest BCUT2D eigenvalue weighted by Gasteiger charge is -2.26. The molecule has 3 nitrogen and oxygen atoms in total. The molecule has 0 aromatic carbocycles. The average molecular weight is 226 g/mol. The number of unbranched alkanes of at least 4 members (excludes halogenated alkanes) is 1. The van der Waals surface area contributed by atoms with Gasteiger partial charge in [0.1, 0.15) is 0 Å². The third-order valence-corrected chi connectivity index (χ3v) is 3.49. The molecule has 0 spiro atoms. The zero-order chi connectivity index (χ0) is 11.8. The van der Waals surface area contributed by atoms with E-state index in [0.717, 1.165) is 25.3 Å². The van der Waals surface area contributed by atoms with Crippen LogP contribution in [0.3, 0.4) is 0 Å². The quantitative estimate of drug-likeness (QED) is 0.681.